The molecule has 5 nitrogen and oxygen atoms in total. The molecule has 1 unspecified atom stereocenters. The molecule has 1 fully saturated rings. The number of nitrogens with zero attached hydrogens (tertiary/aromatic N) is 1. The van der Waals surface area contributed by atoms with E-state index in [1.54, 1.807) is 0 Å². The van der Waals surface area contributed by atoms with Gasteiger partial charge in [0.2, 0.25) is 0 Å². The third-order valence-electron chi connectivity index (χ3n) is 5.00. The van der Waals surface area contributed by atoms with Crippen molar-refractivity contribution < 1.29 is 41.9 Å². The van der Waals surface area contributed by atoms with Gasteiger partial charge < -0.3 is 41.9 Å². The van der Waals surface area contributed by atoms with Crippen LogP contribution in [-0.4, -0.2) is 76.0 Å². The van der Waals surface area contributed by atoms with Crippen LogP contribution >= 0.6 is 0 Å². The van der Waals surface area contributed by atoms with Crippen molar-refractivity contribution in [1.82, 2.24) is 0 Å². The number of rotatable bonds is 9. The molecule has 0 radical (unpaired) electrons. The Kier molecular flexibility index (Phi) is 11.1. The van der Waals surface area contributed by atoms with Gasteiger partial charge in [-0.1, -0.05) is 39.0 Å². The molecule has 6 heteroatoms. The van der Waals surface area contributed by atoms with E-state index in [1.807, 2.05) is 7.05 Å². The summed E-state index contributed by atoms with van der Waals surface area (Å²) < 4.78 is 0.435. The molecule has 4 N–H and O–H groups in total. The van der Waals surface area contributed by atoms with Crippen LogP contribution in [0.4, 0.5) is 0 Å². The summed E-state index contributed by atoms with van der Waals surface area (Å²) in [6.45, 7) is 3.25. The normalized spacial score (nSPS) is 35.2. The highest BCUT2D eigenvalue weighted by molar-refractivity contribution is 4.87. The molecule has 0 aliphatic carbocycles. The van der Waals surface area contributed by atoms with Crippen LogP contribution in [0.15, 0.2) is 0 Å². The predicted molar refractivity (Wildman–Crippen MR) is 82.8 cm³/mol. The highest BCUT2D eigenvalue weighted by Crippen LogP contribution is 2.26. The summed E-state index contributed by atoms with van der Waals surface area (Å²) in [5, 5.41) is 39.2. The lowest BCUT2D eigenvalue weighted by atomic mass is 9.91. The minimum atomic E-state index is -1.15. The standard InChI is InChI=1S/C16H34NO4.BrH/c1-3-4-5-6-7-8-9-10-17(2)11-14(19)16(21)15(20)13(17)12-18;/h13-16,18-21H,3-12H2,1-2H3;1H/q+1;/p-1/t13-,14+,15-,16-,17?;/m1./s1. The number of aliphatic hydroxyl groups excluding tert-OH is 4. The molecule has 0 aromatic rings. The monoisotopic (exact) mass is 383 g/mol. The van der Waals surface area contributed by atoms with E-state index in [-0.39, 0.29) is 23.6 Å². The van der Waals surface area contributed by atoms with Gasteiger partial charge in [-0.15, -0.1) is 0 Å². The van der Waals surface area contributed by atoms with Crippen LogP contribution in [0.3, 0.4) is 0 Å². The second-order valence-corrected chi connectivity index (χ2v) is 6.81. The van der Waals surface area contributed by atoms with E-state index in [1.165, 1.54) is 32.1 Å². The zero-order chi connectivity index (χ0) is 15.9. The molecular formula is C16H34BrNO4. The number of halogens is 1. The number of quaternary nitrogens is 1. The lowest BCUT2D eigenvalue weighted by Crippen LogP contribution is -3.00. The van der Waals surface area contributed by atoms with Crippen LogP contribution in [0.25, 0.3) is 0 Å². The molecule has 0 saturated carbocycles. The zero-order valence-corrected chi connectivity index (χ0v) is 15.6. The fourth-order valence-corrected chi connectivity index (χ4v) is 3.49. The summed E-state index contributed by atoms with van der Waals surface area (Å²) in [4.78, 5) is 0. The Morgan fingerprint density at radius 1 is 0.909 bits per heavy atom. The molecule has 1 aliphatic rings. The molecule has 1 aliphatic heterocycles. The highest BCUT2D eigenvalue weighted by atomic mass is 79.9. The zero-order valence-electron chi connectivity index (χ0n) is 14.0. The van der Waals surface area contributed by atoms with Gasteiger partial charge in [0.1, 0.15) is 30.9 Å². The van der Waals surface area contributed by atoms with E-state index in [2.05, 4.69) is 6.92 Å². The van der Waals surface area contributed by atoms with Gasteiger partial charge in [0.05, 0.1) is 20.2 Å². The quantitative estimate of drug-likeness (QED) is 0.265. The number of likely N-dealkylation sites (N-methyl/N-ethyl adjacent to an activating group) is 1. The summed E-state index contributed by atoms with van der Waals surface area (Å²) in [6, 6.07) is -0.413. The Hall–Kier alpha value is 0.280. The number of hydrogen-bond acceptors (Lipinski definition) is 4. The van der Waals surface area contributed by atoms with E-state index in [9.17, 15) is 20.4 Å². The fraction of sp³-hybridized carbons (Fsp3) is 1.00. The van der Waals surface area contributed by atoms with E-state index in [0.29, 0.717) is 11.0 Å². The van der Waals surface area contributed by atoms with Gasteiger partial charge in [0, 0.05) is 0 Å². The molecule has 0 spiro atoms. The molecule has 0 bridgehead atoms. The van der Waals surface area contributed by atoms with Gasteiger partial charge >= 0.3 is 0 Å². The van der Waals surface area contributed by atoms with Gasteiger partial charge in [-0.05, 0) is 12.8 Å². The van der Waals surface area contributed by atoms with Crippen molar-refractivity contribution in [2.75, 3.05) is 26.7 Å². The summed E-state index contributed by atoms with van der Waals surface area (Å²) in [5.74, 6) is 0. The van der Waals surface area contributed by atoms with Crippen LogP contribution < -0.4 is 17.0 Å². The average molecular weight is 384 g/mol. The summed E-state index contributed by atoms with van der Waals surface area (Å²) in [7, 11) is 1.95. The second-order valence-electron chi connectivity index (χ2n) is 6.81. The Morgan fingerprint density at radius 2 is 1.45 bits per heavy atom. The van der Waals surface area contributed by atoms with E-state index in [4.69, 9.17) is 0 Å². The lowest BCUT2D eigenvalue weighted by Gasteiger charge is -2.49. The Labute approximate surface area is 145 Å². The summed E-state index contributed by atoms with van der Waals surface area (Å²) >= 11 is 0. The fourth-order valence-electron chi connectivity index (χ4n) is 3.49. The highest BCUT2D eigenvalue weighted by Gasteiger charge is 2.49. The summed E-state index contributed by atoms with van der Waals surface area (Å²) in [5.41, 5.74) is 0. The van der Waals surface area contributed by atoms with Crippen LogP contribution in [0.2, 0.25) is 0 Å². The topological polar surface area (TPSA) is 80.9 Å². The number of hydrogen-bond donors (Lipinski definition) is 4. The Morgan fingerprint density at radius 3 is 2.00 bits per heavy atom. The molecule has 22 heavy (non-hydrogen) atoms. The van der Waals surface area contributed by atoms with Crippen LogP contribution in [0.1, 0.15) is 51.9 Å². The molecule has 5 atom stereocenters. The van der Waals surface area contributed by atoms with E-state index in [0.717, 1.165) is 19.4 Å². The van der Waals surface area contributed by atoms with Crippen LogP contribution in [0, 0.1) is 0 Å². The molecule has 0 amide bonds. The van der Waals surface area contributed by atoms with Gasteiger partial charge in [-0.3, -0.25) is 0 Å². The van der Waals surface area contributed by atoms with Crippen molar-refractivity contribution in [3.63, 3.8) is 0 Å². The van der Waals surface area contributed by atoms with Crippen molar-refractivity contribution in [3.8, 4) is 0 Å². The first-order valence-electron chi connectivity index (χ1n) is 8.45. The maximum atomic E-state index is 10.1. The average Bonchev–Trinajstić information content (AvgIpc) is 2.44. The molecular weight excluding hydrogens is 350 g/mol. The predicted octanol–water partition coefficient (Wildman–Crippen LogP) is -2.36. The van der Waals surface area contributed by atoms with Gasteiger partial charge in [-0.25, -0.2) is 0 Å². The minimum Gasteiger partial charge on any atom is -1.00 e. The number of aliphatic hydroxyl groups is 4. The Balaban J connectivity index is 0.00000441. The van der Waals surface area contributed by atoms with Crippen molar-refractivity contribution in [2.45, 2.75) is 76.2 Å². The van der Waals surface area contributed by atoms with Crippen LogP contribution in [0.5, 0.6) is 0 Å². The molecule has 0 aromatic heterocycles. The first-order chi connectivity index (χ1) is 9.96. The van der Waals surface area contributed by atoms with Crippen molar-refractivity contribution in [2.24, 2.45) is 0 Å². The van der Waals surface area contributed by atoms with Gasteiger partial charge in [0.15, 0.2) is 0 Å². The number of unbranched alkanes of at least 4 members (excludes halogenated alkanes) is 6. The van der Waals surface area contributed by atoms with E-state index < -0.39 is 24.4 Å². The molecule has 1 heterocycles. The number of likely N-dealkylation sites (tertiary alicyclic amines) is 1. The largest absolute Gasteiger partial charge is 1.00 e. The lowest BCUT2D eigenvalue weighted by molar-refractivity contribution is -0.946. The smallest absolute Gasteiger partial charge is 0.141 e. The molecule has 0 aromatic carbocycles. The molecule has 134 valence electrons. The maximum absolute atomic E-state index is 10.1. The SMILES string of the molecule is CCCCCCCCC[N+]1(C)C[C@H](O)[C@@H](O)[C@H](O)[C@H]1CO.[Br-]. The second kappa shape index (κ2) is 10.9. The third kappa shape index (κ3) is 6.06. The number of piperidine rings is 1. The van der Waals surface area contributed by atoms with Crippen molar-refractivity contribution >= 4 is 0 Å². The first kappa shape index (κ1) is 22.3. The van der Waals surface area contributed by atoms with Gasteiger partial charge in [0.25, 0.3) is 0 Å². The van der Waals surface area contributed by atoms with Crippen molar-refractivity contribution in [1.29, 1.82) is 0 Å². The third-order valence-corrected chi connectivity index (χ3v) is 5.00. The first-order valence-corrected chi connectivity index (χ1v) is 8.45. The summed E-state index contributed by atoms with van der Waals surface area (Å²) in [6.07, 6.45) is 5.38. The molecule has 1 saturated heterocycles. The Bertz CT molecular complexity index is 295. The molecule has 1 rings (SSSR count). The van der Waals surface area contributed by atoms with Gasteiger partial charge in [-0.2, -0.15) is 0 Å². The minimum absolute atomic E-state index is 0. The van der Waals surface area contributed by atoms with Crippen molar-refractivity contribution in [3.05, 3.63) is 0 Å². The maximum Gasteiger partial charge on any atom is 0.141 e. The van der Waals surface area contributed by atoms with E-state index >= 15 is 0 Å². The van der Waals surface area contributed by atoms with Crippen LogP contribution in [-0.2, 0) is 0 Å².